The van der Waals surface area contributed by atoms with Crippen molar-refractivity contribution in [2.24, 2.45) is 23.7 Å². The predicted octanol–water partition coefficient (Wildman–Crippen LogP) is 27.5. The molecule has 0 spiro atoms. The summed E-state index contributed by atoms with van der Waals surface area (Å²) in [5, 5.41) is 10.7. The van der Waals surface area contributed by atoms with Gasteiger partial charge in [-0.25, -0.2) is 9.13 Å². The maximum atomic E-state index is 13.2. The van der Waals surface area contributed by atoms with Gasteiger partial charge in [0.1, 0.15) is 19.3 Å². The van der Waals surface area contributed by atoms with E-state index in [2.05, 4.69) is 55.4 Å². The van der Waals surface area contributed by atoms with Gasteiger partial charge in [0.25, 0.3) is 0 Å². The Bertz CT molecular complexity index is 2110. The Morgan fingerprint density at radius 2 is 0.385 bits per heavy atom. The van der Waals surface area contributed by atoms with Crippen LogP contribution in [0.3, 0.4) is 0 Å². The van der Waals surface area contributed by atoms with Crippen LogP contribution in [0.15, 0.2) is 0 Å². The molecule has 648 valence electrons. The number of ether oxygens (including phenoxy) is 4. The van der Waals surface area contributed by atoms with Gasteiger partial charge < -0.3 is 33.8 Å². The van der Waals surface area contributed by atoms with E-state index in [0.29, 0.717) is 25.7 Å². The number of phosphoric acid groups is 2. The molecule has 0 heterocycles. The van der Waals surface area contributed by atoms with Crippen molar-refractivity contribution in [3.63, 3.8) is 0 Å². The zero-order chi connectivity index (χ0) is 80.2. The Morgan fingerprint density at radius 1 is 0.229 bits per heavy atom. The second-order valence-corrected chi connectivity index (χ2v) is 37.2. The number of hydrogen-bond acceptors (Lipinski definition) is 15. The number of carbonyl (C=O) groups is 4. The van der Waals surface area contributed by atoms with Gasteiger partial charge in [0.15, 0.2) is 12.2 Å². The fraction of sp³-hybridized carbons (Fsp3) is 0.956. The summed E-state index contributed by atoms with van der Waals surface area (Å²) in [6, 6.07) is 0. The van der Waals surface area contributed by atoms with Crippen LogP contribution in [0.2, 0.25) is 0 Å². The lowest BCUT2D eigenvalue weighted by molar-refractivity contribution is -0.161. The van der Waals surface area contributed by atoms with Crippen molar-refractivity contribution >= 4 is 39.5 Å². The van der Waals surface area contributed by atoms with E-state index < -0.39 is 97.5 Å². The molecule has 0 fully saturated rings. The Morgan fingerprint density at radius 3 is 0.569 bits per heavy atom. The fourth-order valence-electron chi connectivity index (χ4n) is 14.0. The molecule has 0 aliphatic carbocycles. The van der Waals surface area contributed by atoms with Crippen LogP contribution in [0, 0.1) is 23.7 Å². The predicted molar refractivity (Wildman–Crippen MR) is 451 cm³/mol. The molecule has 5 atom stereocenters. The van der Waals surface area contributed by atoms with E-state index in [4.69, 9.17) is 37.0 Å². The van der Waals surface area contributed by atoms with E-state index in [-0.39, 0.29) is 25.7 Å². The maximum Gasteiger partial charge on any atom is 0.472 e. The molecule has 0 rings (SSSR count). The average Bonchev–Trinajstić information content (AvgIpc) is 0.892. The van der Waals surface area contributed by atoms with E-state index in [0.717, 1.165) is 114 Å². The number of aliphatic hydroxyl groups is 1. The van der Waals surface area contributed by atoms with Gasteiger partial charge >= 0.3 is 39.5 Å². The van der Waals surface area contributed by atoms with Crippen molar-refractivity contribution < 1.29 is 80.2 Å². The van der Waals surface area contributed by atoms with Gasteiger partial charge in [0.2, 0.25) is 0 Å². The third-order valence-corrected chi connectivity index (χ3v) is 23.0. The molecule has 0 aliphatic rings. The summed E-state index contributed by atoms with van der Waals surface area (Å²) in [5.41, 5.74) is 0. The van der Waals surface area contributed by atoms with Crippen molar-refractivity contribution in [3.05, 3.63) is 0 Å². The molecular formula is C90H176O17P2. The van der Waals surface area contributed by atoms with E-state index in [1.807, 2.05) is 0 Å². The molecule has 17 nitrogen and oxygen atoms in total. The molecule has 0 saturated carbocycles. The molecule has 0 aromatic heterocycles. The monoisotopic (exact) mass is 1590 g/mol. The summed E-state index contributed by atoms with van der Waals surface area (Å²) in [7, 11) is -9.94. The maximum absolute atomic E-state index is 13.2. The first-order chi connectivity index (χ1) is 52.6. The summed E-state index contributed by atoms with van der Waals surface area (Å²) in [5.74, 6) is 1.06. The van der Waals surface area contributed by atoms with Crippen LogP contribution in [0.1, 0.15) is 473 Å². The van der Waals surface area contributed by atoms with Crippen LogP contribution < -0.4 is 0 Å². The third kappa shape index (κ3) is 83.8. The van der Waals surface area contributed by atoms with Crippen molar-refractivity contribution in [3.8, 4) is 0 Å². The van der Waals surface area contributed by atoms with Gasteiger partial charge in [-0.2, -0.15) is 0 Å². The Labute approximate surface area is 670 Å². The molecule has 0 aromatic rings. The molecule has 2 unspecified atom stereocenters. The number of aliphatic hydroxyl groups excluding tert-OH is 1. The Balaban J connectivity index is 5.24. The smallest absolute Gasteiger partial charge is 0.462 e. The number of carbonyl (C=O) groups excluding carboxylic acids is 4. The summed E-state index contributed by atoms with van der Waals surface area (Å²) >= 11 is 0. The van der Waals surface area contributed by atoms with Crippen LogP contribution >= 0.6 is 15.6 Å². The van der Waals surface area contributed by atoms with E-state index in [9.17, 15) is 43.2 Å². The first-order valence-corrected chi connectivity index (χ1v) is 49.2. The zero-order valence-electron chi connectivity index (χ0n) is 72.2. The largest absolute Gasteiger partial charge is 0.472 e. The number of hydrogen-bond donors (Lipinski definition) is 3. The van der Waals surface area contributed by atoms with E-state index in [1.54, 1.807) is 0 Å². The molecular weight excluding hydrogens is 1410 g/mol. The quantitative estimate of drug-likeness (QED) is 0.0222. The number of rotatable bonds is 87. The first kappa shape index (κ1) is 107. The normalized spacial score (nSPS) is 13.9. The summed E-state index contributed by atoms with van der Waals surface area (Å²) < 4.78 is 69.0. The fourth-order valence-corrected chi connectivity index (χ4v) is 15.6. The molecule has 0 bridgehead atoms. The number of esters is 4. The van der Waals surface area contributed by atoms with Gasteiger partial charge in [-0.3, -0.25) is 37.3 Å². The zero-order valence-corrected chi connectivity index (χ0v) is 74.0. The van der Waals surface area contributed by atoms with Gasteiger partial charge in [0.05, 0.1) is 26.4 Å². The molecule has 109 heavy (non-hydrogen) atoms. The minimum absolute atomic E-state index is 0.107. The van der Waals surface area contributed by atoms with Crippen LogP contribution in [-0.4, -0.2) is 96.7 Å². The minimum Gasteiger partial charge on any atom is -0.462 e. The van der Waals surface area contributed by atoms with E-state index in [1.165, 1.54) is 276 Å². The summed E-state index contributed by atoms with van der Waals surface area (Å²) in [6.45, 7) is 14.4. The SMILES string of the molecule is CC(C)CCCCCCCCCCCCCCCCCCCCC(=O)O[C@H](COC(=O)CCCCCCCCCCCCCCCCCCC(C)C)COP(=O)(O)OC[C@@H](O)COP(=O)(O)OC[C@@H](COC(=O)CCCCCCCCCCC(C)C)OC(=O)CCCCCCCCCCCCCCCCCC(C)C. The molecule has 19 heteroatoms. The second-order valence-electron chi connectivity index (χ2n) is 34.2. The van der Waals surface area contributed by atoms with Gasteiger partial charge in [-0.05, 0) is 49.4 Å². The van der Waals surface area contributed by atoms with Crippen LogP contribution in [0.5, 0.6) is 0 Å². The highest BCUT2D eigenvalue weighted by atomic mass is 31.2. The van der Waals surface area contributed by atoms with Gasteiger partial charge in [-0.1, -0.05) is 421 Å². The Hall–Kier alpha value is -1.94. The van der Waals surface area contributed by atoms with Crippen LogP contribution in [0.4, 0.5) is 0 Å². The van der Waals surface area contributed by atoms with Crippen LogP contribution in [0.25, 0.3) is 0 Å². The topological polar surface area (TPSA) is 237 Å². The standard InChI is InChI=1S/C90H176O17P2/c1-80(2)66-58-50-42-34-28-22-16-11-9-10-12-20-26-32-38-48-56-64-72-89(94)106-85(76-100-87(92)70-62-54-46-37-31-25-19-14-13-17-23-29-35-43-51-59-67-81(3)4)78-104-108(96,97)102-74-84(91)75-103-109(98,99)105-79-86(77-101-88(93)71-63-55-47-41-40-45-53-61-69-83(7)8)107-90(95)73-65-57-49-39-33-27-21-15-18-24-30-36-44-52-60-68-82(5)6/h80-86,91H,9-79H2,1-8H3,(H,96,97)(H,98,99)/t84-,85-,86-/m1/s1. The third-order valence-electron chi connectivity index (χ3n) is 21.1. The highest BCUT2D eigenvalue weighted by Crippen LogP contribution is 2.45. The molecule has 0 radical (unpaired) electrons. The summed E-state index contributed by atoms with van der Waals surface area (Å²) in [6.07, 6.45) is 69.5. The van der Waals surface area contributed by atoms with Gasteiger partial charge in [0, 0.05) is 25.7 Å². The molecule has 3 N–H and O–H groups in total. The van der Waals surface area contributed by atoms with Crippen molar-refractivity contribution in [2.45, 2.75) is 491 Å². The van der Waals surface area contributed by atoms with Gasteiger partial charge in [-0.15, -0.1) is 0 Å². The number of phosphoric ester groups is 2. The highest BCUT2D eigenvalue weighted by molar-refractivity contribution is 7.47. The summed E-state index contributed by atoms with van der Waals surface area (Å²) in [4.78, 5) is 73.4. The van der Waals surface area contributed by atoms with Crippen molar-refractivity contribution in [2.75, 3.05) is 39.6 Å². The molecule has 0 amide bonds. The van der Waals surface area contributed by atoms with Crippen LogP contribution in [-0.2, 0) is 65.4 Å². The lowest BCUT2D eigenvalue weighted by Gasteiger charge is -2.21. The lowest BCUT2D eigenvalue weighted by atomic mass is 10.0. The minimum atomic E-state index is -4.97. The van der Waals surface area contributed by atoms with Crippen molar-refractivity contribution in [1.29, 1.82) is 0 Å². The first-order valence-electron chi connectivity index (χ1n) is 46.2. The number of unbranched alkanes of at least 4 members (excludes halogenated alkanes) is 53. The molecule has 0 aromatic carbocycles. The van der Waals surface area contributed by atoms with Crippen molar-refractivity contribution in [1.82, 2.24) is 0 Å². The van der Waals surface area contributed by atoms with E-state index >= 15 is 0 Å². The highest BCUT2D eigenvalue weighted by Gasteiger charge is 2.31. The average molecular weight is 1590 g/mol. The Kier molecular flexibility index (Phi) is 77.2. The molecule has 0 saturated heterocycles. The molecule has 0 aliphatic heterocycles. The lowest BCUT2D eigenvalue weighted by Crippen LogP contribution is -2.30. The second kappa shape index (κ2) is 78.6.